The van der Waals surface area contributed by atoms with E-state index in [1.165, 1.54) is 12.1 Å². The standard InChI is InChI=1S/C19H24BrN5O/c20-16-1-3-17(4-2-16)25-6-5-15(13-25)12-21-18-11-19(23-14-22-18)24-7-9-26-10-8-24/h1-4,11,14-15H,5-10,12-13H2,(H,21,22,23). The molecule has 2 aliphatic rings. The van der Waals surface area contributed by atoms with E-state index in [1.54, 1.807) is 6.33 Å². The van der Waals surface area contributed by atoms with Crippen LogP contribution in [0.4, 0.5) is 17.3 Å². The van der Waals surface area contributed by atoms with Crippen LogP contribution < -0.4 is 15.1 Å². The summed E-state index contributed by atoms with van der Waals surface area (Å²) in [5.74, 6) is 2.51. The number of nitrogens with zero attached hydrogens (tertiary/aromatic N) is 4. The molecule has 138 valence electrons. The molecule has 2 saturated heterocycles. The first kappa shape index (κ1) is 17.5. The molecule has 0 spiro atoms. The average Bonchev–Trinajstić information content (AvgIpc) is 3.17. The highest BCUT2D eigenvalue weighted by molar-refractivity contribution is 9.10. The fraction of sp³-hybridized carbons (Fsp3) is 0.474. The molecule has 0 saturated carbocycles. The normalized spacial score (nSPS) is 20.4. The van der Waals surface area contributed by atoms with Crippen molar-refractivity contribution >= 4 is 33.3 Å². The van der Waals surface area contributed by atoms with Gasteiger partial charge in [0.05, 0.1) is 13.2 Å². The van der Waals surface area contributed by atoms with Gasteiger partial charge >= 0.3 is 0 Å². The summed E-state index contributed by atoms with van der Waals surface area (Å²) in [5.41, 5.74) is 1.30. The van der Waals surface area contributed by atoms with Crippen LogP contribution in [0.2, 0.25) is 0 Å². The van der Waals surface area contributed by atoms with E-state index in [4.69, 9.17) is 4.74 Å². The van der Waals surface area contributed by atoms with Gasteiger partial charge in [-0.15, -0.1) is 0 Å². The van der Waals surface area contributed by atoms with Crippen LogP contribution in [0.5, 0.6) is 0 Å². The molecule has 3 heterocycles. The van der Waals surface area contributed by atoms with Gasteiger partial charge in [-0.25, -0.2) is 9.97 Å². The van der Waals surface area contributed by atoms with Gasteiger partial charge < -0.3 is 19.9 Å². The zero-order valence-corrected chi connectivity index (χ0v) is 16.4. The molecule has 1 N–H and O–H groups in total. The van der Waals surface area contributed by atoms with Crippen LogP contribution in [-0.4, -0.2) is 55.9 Å². The van der Waals surface area contributed by atoms with Crippen LogP contribution in [0.3, 0.4) is 0 Å². The summed E-state index contributed by atoms with van der Waals surface area (Å²) in [7, 11) is 0. The van der Waals surface area contributed by atoms with E-state index in [0.29, 0.717) is 5.92 Å². The number of halogens is 1. The van der Waals surface area contributed by atoms with Crippen LogP contribution in [-0.2, 0) is 4.74 Å². The third-order valence-corrected chi connectivity index (χ3v) is 5.57. The van der Waals surface area contributed by atoms with E-state index in [-0.39, 0.29) is 0 Å². The molecule has 4 rings (SSSR count). The zero-order chi connectivity index (χ0) is 17.8. The molecule has 2 aliphatic heterocycles. The Morgan fingerprint density at radius 3 is 2.69 bits per heavy atom. The van der Waals surface area contributed by atoms with Crippen LogP contribution in [0, 0.1) is 5.92 Å². The molecule has 1 unspecified atom stereocenters. The SMILES string of the molecule is Brc1ccc(N2CCC(CNc3cc(N4CCOCC4)ncn3)C2)cc1. The summed E-state index contributed by atoms with van der Waals surface area (Å²) >= 11 is 3.50. The maximum Gasteiger partial charge on any atom is 0.134 e. The number of benzene rings is 1. The average molecular weight is 418 g/mol. The zero-order valence-electron chi connectivity index (χ0n) is 14.8. The Bertz CT molecular complexity index is 720. The van der Waals surface area contributed by atoms with Crippen LogP contribution in [0.25, 0.3) is 0 Å². The van der Waals surface area contributed by atoms with Crippen LogP contribution in [0.1, 0.15) is 6.42 Å². The molecule has 2 fully saturated rings. The van der Waals surface area contributed by atoms with Crippen molar-refractivity contribution in [1.29, 1.82) is 0 Å². The topological polar surface area (TPSA) is 53.5 Å². The third kappa shape index (κ3) is 4.27. The highest BCUT2D eigenvalue weighted by Gasteiger charge is 2.22. The van der Waals surface area contributed by atoms with E-state index < -0.39 is 0 Å². The molecule has 6 nitrogen and oxygen atoms in total. The number of morpholine rings is 1. The molecule has 1 aromatic heterocycles. The lowest BCUT2D eigenvalue weighted by Gasteiger charge is -2.27. The second kappa shape index (κ2) is 8.22. The van der Waals surface area contributed by atoms with Gasteiger partial charge in [-0.3, -0.25) is 0 Å². The lowest BCUT2D eigenvalue weighted by atomic mass is 10.1. The molecule has 26 heavy (non-hydrogen) atoms. The number of rotatable bonds is 5. The number of aromatic nitrogens is 2. The Morgan fingerprint density at radius 1 is 1.08 bits per heavy atom. The molecule has 0 amide bonds. The Labute approximate surface area is 162 Å². The Kier molecular flexibility index (Phi) is 5.55. The highest BCUT2D eigenvalue weighted by atomic mass is 79.9. The molecule has 2 aromatic rings. The van der Waals surface area contributed by atoms with Crippen molar-refractivity contribution in [2.24, 2.45) is 5.92 Å². The first-order chi connectivity index (χ1) is 12.8. The summed E-state index contributed by atoms with van der Waals surface area (Å²) in [6.45, 7) is 6.43. The van der Waals surface area contributed by atoms with Crippen molar-refractivity contribution in [2.75, 3.05) is 61.1 Å². The first-order valence-electron chi connectivity index (χ1n) is 9.17. The number of nitrogens with one attached hydrogen (secondary N) is 1. The Balaban J connectivity index is 1.31. The van der Waals surface area contributed by atoms with Gasteiger partial charge in [0.15, 0.2) is 0 Å². The smallest absolute Gasteiger partial charge is 0.134 e. The van der Waals surface area contributed by atoms with Gasteiger partial charge in [0.1, 0.15) is 18.0 Å². The summed E-state index contributed by atoms with van der Waals surface area (Å²) in [6, 6.07) is 10.6. The second-order valence-corrected chi connectivity index (χ2v) is 7.73. The minimum atomic E-state index is 0.625. The Hall–Kier alpha value is -1.86. The van der Waals surface area contributed by atoms with E-state index in [1.807, 2.05) is 6.07 Å². The van der Waals surface area contributed by atoms with Crippen molar-refractivity contribution in [3.8, 4) is 0 Å². The summed E-state index contributed by atoms with van der Waals surface area (Å²) < 4.78 is 6.54. The third-order valence-electron chi connectivity index (χ3n) is 5.04. The van der Waals surface area contributed by atoms with Gasteiger partial charge in [0, 0.05) is 49.0 Å². The second-order valence-electron chi connectivity index (χ2n) is 6.82. The molecule has 7 heteroatoms. The molecule has 0 bridgehead atoms. The number of anilines is 3. The summed E-state index contributed by atoms with van der Waals surface area (Å²) in [5, 5.41) is 3.50. The van der Waals surface area contributed by atoms with Crippen molar-refractivity contribution < 1.29 is 4.74 Å². The fourth-order valence-electron chi connectivity index (χ4n) is 3.54. The largest absolute Gasteiger partial charge is 0.378 e. The van der Waals surface area contributed by atoms with Gasteiger partial charge in [-0.05, 0) is 36.6 Å². The van der Waals surface area contributed by atoms with E-state index in [0.717, 1.165) is 62.0 Å². The molecular formula is C19H24BrN5O. The van der Waals surface area contributed by atoms with Crippen LogP contribution in [0.15, 0.2) is 41.1 Å². The molecule has 0 radical (unpaired) electrons. The Morgan fingerprint density at radius 2 is 1.88 bits per heavy atom. The van der Waals surface area contributed by atoms with Gasteiger partial charge in [0.25, 0.3) is 0 Å². The number of hydrogen-bond acceptors (Lipinski definition) is 6. The monoisotopic (exact) mass is 417 g/mol. The predicted octanol–water partition coefficient (Wildman–Crippen LogP) is 3.01. The first-order valence-corrected chi connectivity index (χ1v) is 9.96. The maximum absolute atomic E-state index is 5.41. The van der Waals surface area contributed by atoms with E-state index in [2.05, 4.69) is 65.3 Å². The number of ether oxygens (including phenoxy) is 1. The number of hydrogen-bond donors (Lipinski definition) is 1. The molecule has 1 atom stereocenters. The summed E-state index contributed by atoms with van der Waals surface area (Å²) in [4.78, 5) is 13.5. The minimum Gasteiger partial charge on any atom is -0.378 e. The quantitative estimate of drug-likeness (QED) is 0.806. The molecule has 0 aliphatic carbocycles. The van der Waals surface area contributed by atoms with Gasteiger partial charge in [-0.1, -0.05) is 15.9 Å². The minimum absolute atomic E-state index is 0.625. The van der Waals surface area contributed by atoms with Crippen molar-refractivity contribution in [3.05, 3.63) is 41.1 Å². The van der Waals surface area contributed by atoms with E-state index >= 15 is 0 Å². The van der Waals surface area contributed by atoms with Gasteiger partial charge in [0.2, 0.25) is 0 Å². The fourth-order valence-corrected chi connectivity index (χ4v) is 3.81. The van der Waals surface area contributed by atoms with E-state index in [9.17, 15) is 0 Å². The predicted molar refractivity (Wildman–Crippen MR) is 108 cm³/mol. The summed E-state index contributed by atoms with van der Waals surface area (Å²) in [6.07, 6.45) is 2.85. The van der Waals surface area contributed by atoms with Crippen molar-refractivity contribution in [2.45, 2.75) is 6.42 Å². The van der Waals surface area contributed by atoms with Crippen molar-refractivity contribution in [1.82, 2.24) is 9.97 Å². The van der Waals surface area contributed by atoms with Crippen molar-refractivity contribution in [3.63, 3.8) is 0 Å². The highest BCUT2D eigenvalue weighted by Crippen LogP contribution is 2.25. The lowest BCUT2D eigenvalue weighted by molar-refractivity contribution is 0.122. The van der Waals surface area contributed by atoms with Gasteiger partial charge in [-0.2, -0.15) is 0 Å². The lowest BCUT2D eigenvalue weighted by Crippen LogP contribution is -2.36. The molecular weight excluding hydrogens is 394 g/mol. The van der Waals surface area contributed by atoms with Crippen LogP contribution >= 0.6 is 15.9 Å². The molecule has 1 aromatic carbocycles. The maximum atomic E-state index is 5.41.